The zero-order chi connectivity index (χ0) is 19.8. The number of carbonyl (C=O) groups excluding carboxylic acids is 1. The van der Waals surface area contributed by atoms with Crippen LogP contribution in [0, 0.1) is 5.41 Å². The molecule has 2 aliphatic rings. The minimum absolute atomic E-state index is 0.0968. The lowest BCUT2D eigenvalue weighted by Gasteiger charge is -2.43. The fraction of sp³-hybridized carbons (Fsp3) is 0.381. The first-order chi connectivity index (χ1) is 13.3. The molecule has 2 heterocycles. The van der Waals surface area contributed by atoms with Gasteiger partial charge in [-0.25, -0.2) is 0 Å². The van der Waals surface area contributed by atoms with Crippen molar-refractivity contribution in [3.63, 3.8) is 0 Å². The normalized spacial score (nSPS) is 19.2. The van der Waals surface area contributed by atoms with Gasteiger partial charge in [-0.3, -0.25) is 9.69 Å². The monoisotopic (exact) mass is 390 g/mol. The van der Waals surface area contributed by atoms with Crippen LogP contribution in [0.2, 0.25) is 0 Å². The third-order valence-corrected chi connectivity index (χ3v) is 5.65. The van der Waals surface area contributed by atoms with Gasteiger partial charge in [-0.15, -0.1) is 13.2 Å². The SMILES string of the molecule is O=C1Nc2ccccc2CC12CCN(Cc1ccc(OC(F)(F)F)cc1)CC2. The maximum atomic E-state index is 12.7. The number of nitrogens with zero attached hydrogens (tertiary/aromatic N) is 1. The van der Waals surface area contributed by atoms with Gasteiger partial charge in [0.1, 0.15) is 5.75 Å². The molecule has 4 rings (SSSR count). The molecule has 1 amide bonds. The molecule has 2 aliphatic heterocycles. The number of likely N-dealkylation sites (tertiary alicyclic amines) is 1. The van der Waals surface area contributed by atoms with Crippen molar-refractivity contribution in [2.45, 2.75) is 32.2 Å². The van der Waals surface area contributed by atoms with E-state index in [9.17, 15) is 18.0 Å². The van der Waals surface area contributed by atoms with Crippen LogP contribution in [0.3, 0.4) is 0 Å². The number of hydrogen-bond donors (Lipinski definition) is 1. The van der Waals surface area contributed by atoms with Gasteiger partial charge in [-0.05, 0) is 61.7 Å². The Bertz CT molecular complexity index is 857. The largest absolute Gasteiger partial charge is 0.573 e. The maximum absolute atomic E-state index is 12.7. The van der Waals surface area contributed by atoms with Gasteiger partial charge in [-0.1, -0.05) is 30.3 Å². The highest BCUT2D eigenvalue weighted by molar-refractivity contribution is 5.98. The summed E-state index contributed by atoms with van der Waals surface area (Å²) in [5.74, 6) is -0.120. The van der Waals surface area contributed by atoms with Crippen molar-refractivity contribution in [2.75, 3.05) is 18.4 Å². The Kier molecular flexibility index (Phi) is 4.79. The second-order valence-corrected chi connectivity index (χ2v) is 7.54. The summed E-state index contributed by atoms with van der Waals surface area (Å²) in [4.78, 5) is 14.9. The zero-order valence-corrected chi connectivity index (χ0v) is 15.3. The molecule has 28 heavy (non-hydrogen) atoms. The van der Waals surface area contributed by atoms with Gasteiger partial charge < -0.3 is 10.1 Å². The Balaban J connectivity index is 1.36. The van der Waals surface area contributed by atoms with Crippen LogP contribution in [-0.4, -0.2) is 30.3 Å². The Morgan fingerprint density at radius 2 is 1.71 bits per heavy atom. The molecule has 1 saturated heterocycles. The molecule has 0 aliphatic carbocycles. The highest BCUT2D eigenvalue weighted by Crippen LogP contribution is 2.41. The molecule has 0 radical (unpaired) electrons. The van der Waals surface area contributed by atoms with E-state index in [2.05, 4.69) is 21.0 Å². The molecule has 7 heteroatoms. The van der Waals surface area contributed by atoms with Crippen molar-refractivity contribution < 1.29 is 22.7 Å². The number of piperidine rings is 1. The number of ether oxygens (including phenoxy) is 1. The number of alkyl halides is 3. The molecule has 0 aromatic heterocycles. The first-order valence-corrected chi connectivity index (χ1v) is 9.29. The van der Waals surface area contributed by atoms with E-state index < -0.39 is 6.36 Å². The third kappa shape index (κ3) is 3.99. The minimum Gasteiger partial charge on any atom is -0.406 e. The Morgan fingerprint density at radius 3 is 2.39 bits per heavy atom. The molecular formula is C21H21F3N2O2. The van der Waals surface area contributed by atoms with Gasteiger partial charge >= 0.3 is 6.36 Å². The summed E-state index contributed by atoms with van der Waals surface area (Å²) in [6, 6.07) is 13.9. The summed E-state index contributed by atoms with van der Waals surface area (Å²) in [5, 5.41) is 3.05. The highest BCUT2D eigenvalue weighted by atomic mass is 19.4. The van der Waals surface area contributed by atoms with E-state index in [1.54, 1.807) is 12.1 Å². The van der Waals surface area contributed by atoms with Crippen LogP contribution in [0.1, 0.15) is 24.0 Å². The molecule has 1 fully saturated rings. The number of nitrogens with one attached hydrogen (secondary N) is 1. The number of fused-ring (bicyclic) bond motifs is 1. The Hall–Kier alpha value is -2.54. The second-order valence-electron chi connectivity index (χ2n) is 7.54. The first-order valence-electron chi connectivity index (χ1n) is 9.29. The predicted molar refractivity (Wildman–Crippen MR) is 98.8 cm³/mol. The van der Waals surface area contributed by atoms with E-state index in [0.717, 1.165) is 43.6 Å². The van der Waals surface area contributed by atoms with E-state index >= 15 is 0 Å². The summed E-state index contributed by atoms with van der Waals surface area (Å²) < 4.78 is 40.7. The van der Waals surface area contributed by atoms with Gasteiger partial charge in [0.2, 0.25) is 5.91 Å². The Morgan fingerprint density at radius 1 is 1.04 bits per heavy atom. The highest BCUT2D eigenvalue weighted by Gasteiger charge is 2.44. The zero-order valence-electron chi connectivity index (χ0n) is 15.3. The van der Waals surface area contributed by atoms with E-state index in [0.29, 0.717) is 6.54 Å². The van der Waals surface area contributed by atoms with Gasteiger partial charge in [0, 0.05) is 12.2 Å². The number of para-hydroxylation sites is 1. The second kappa shape index (κ2) is 7.13. The molecule has 148 valence electrons. The average Bonchev–Trinajstić information content (AvgIpc) is 2.65. The predicted octanol–water partition coefficient (Wildman–Crippen LogP) is 4.36. The van der Waals surface area contributed by atoms with Crippen molar-refractivity contribution >= 4 is 11.6 Å². The molecular weight excluding hydrogens is 369 g/mol. The summed E-state index contributed by atoms with van der Waals surface area (Å²) >= 11 is 0. The number of carbonyl (C=O) groups is 1. The fourth-order valence-electron chi connectivity index (χ4n) is 4.09. The lowest BCUT2D eigenvalue weighted by Crippen LogP contribution is -2.49. The van der Waals surface area contributed by atoms with Gasteiger partial charge in [-0.2, -0.15) is 0 Å². The first kappa shape index (κ1) is 18.8. The average molecular weight is 390 g/mol. The van der Waals surface area contributed by atoms with E-state index in [1.807, 2.05) is 18.2 Å². The molecule has 0 bridgehead atoms. The van der Waals surface area contributed by atoms with Crippen molar-refractivity contribution in [3.8, 4) is 5.75 Å². The molecule has 4 nitrogen and oxygen atoms in total. The number of hydrogen-bond acceptors (Lipinski definition) is 3. The maximum Gasteiger partial charge on any atom is 0.573 e. The van der Waals surface area contributed by atoms with Crippen LogP contribution in [0.4, 0.5) is 18.9 Å². The minimum atomic E-state index is -4.68. The van der Waals surface area contributed by atoms with E-state index in [-0.39, 0.29) is 17.1 Å². The van der Waals surface area contributed by atoms with Crippen LogP contribution in [0.25, 0.3) is 0 Å². The number of amides is 1. The van der Waals surface area contributed by atoms with Crippen LogP contribution in [-0.2, 0) is 17.8 Å². The molecule has 1 spiro atoms. The van der Waals surface area contributed by atoms with E-state index in [4.69, 9.17) is 0 Å². The topological polar surface area (TPSA) is 41.6 Å². The summed E-state index contributed by atoms with van der Waals surface area (Å²) in [5.41, 5.74) is 2.64. The van der Waals surface area contributed by atoms with Crippen LogP contribution < -0.4 is 10.1 Å². The van der Waals surface area contributed by atoms with Crippen molar-refractivity contribution in [3.05, 3.63) is 59.7 Å². The summed E-state index contributed by atoms with van der Waals surface area (Å²) in [6.45, 7) is 2.19. The molecule has 2 aromatic carbocycles. The molecule has 0 saturated carbocycles. The lowest BCUT2D eigenvalue weighted by molar-refractivity contribution is -0.274. The third-order valence-electron chi connectivity index (χ3n) is 5.65. The number of rotatable bonds is 3. The van der Waals surface area contributed by atoms with Gasteiger partial charge in [0.05, 0.1) is 5.41 Å². The van der Waals surface area contributed by atoms with Crippen LogP contribution in [0.15, 0.2) is 48.5 Å². The van der Waals surface area contributed by atoms with Gasteiger partial charge in [0.15, 0.2) is 0 Å². The summed E-state index contributed by atoms with van der Waals surface area (Å²) in [6.07, 6.45) is -2.39. The quantitative estimate of drug-likeness (QED) is 0.847. The van der Waals surface area contributed by atoms with Crippen LogP contribution >= 0.6 is 0 Å². The van der Waals surface area contributed by atoms with Crippen molar-refractivity contribution in [2.24, 2.45) is 5.41 Å². The number of benzene rings is 2. The summed E-state index contributed by atoms with van der Waals surface area (Å²) in [7, 11) is 0. The molecule has 0 unspecified atom stereocenters. The number of anilines is 1. The Labute approximate surface area is 161 Å². The van der Waals surface area contributed by atoms with Crippen LogP contribution in [0.5, 0.6) is 5.75 Å². The molecule has 0 atom stereocenters. The smallest absolute Gasteiger partial charge is 0.406 e. The van der Waals surface area contributed by atoms with Crippen molar-refractivity contribution in [1.29, 1.82) is 0 Å². The fourth-order valence-corrected chi connectivity index (χ4v) is 4.09. The van der Waals surface area contributed by atoms with Crippen molar-refractivity contribution in [1.82, 2.24) is 4.90 Å². The van der Waals surface area contributed by atoms with Gasteiger partial charge in [0.25, 0.3) is 0 Å². The molecule has 1 N–H and O–H groups in total. The number of halogens is 3. The molecule has 2 aromatic rings. The lowest BCUT2D eigenvalue weighted by atomic mass is 9.71. The standard InChI is InChI=1S/C21H21F3N2O2/c22-21(23,24)28-17-7-5-15(6-8-17)14-26-11-9-20(10-12-26)13-16-3-1-2-4-18(16)25-19(20)27/h1-8H,9-14H2,(H,25,27). The van der Waals surface area contributed by atoms with E-state index in [1.165, 1.54) is 17.7 Å².